The van der Waals surface area contributed by atoms with Crippen LogP contribution in [0.3, 0.4) is 0 Å². The van der Waals surface area contributed by atoms with E-state index in [0.717, 1.165) is 28.9 Å². The van der Waals surface area contributed by atoms with E-state index in [0.29, 0.717) is 10.8 Å². The van der Waals surface area contributed by atoms with E-state index in [1.165, 1.54) is 12.4 Å². The fourth-order valence-corrected chi connectivity index (χ4v) is 2.70. The van der Waals surface area contributed by atoms with Gasteiger partial charge in [0.1, 0.15) is 11.5 Å². The fourth-order valence-electron chi connectivity index (χ4n) is 2.53. The van der Waals surface area contributed by atoms with Gasteiger partial charge in [-0.05, 0) is 42.7 Å². The monoisotopic (exact) mass is 366 g/mol. The number of aryl methyl sites for hydroxylation is 1. The highest BCUT2D eigenvalue weighted by Gasteiger charge is 2.11. The highest BCUT2D eigenvalue weighted by molar-refractivity contribution is 6.31. The van der Waals surface area contributed by atoms with Crippen molar-refractivity contribution in [2.24, 2.45) is 0 Å². The van der Waals surface area contributed by atoms with Gasteiger partial charge in [0.05, 0.1) is 12.4 Å². The normalized spacial score (nSPS) is 10.4. The SMILES string of the molecule is CCc1ccccc1NC(=O)c1cnc(Nc2cccc(Cl)c2C)cn1. The van der Waals surface area contributed by atoms with Gasteiger partial charge in [-0.15, -0.1) is 0 Å². The van der Waals surface area contributed by atoms with Gasteiger partial charge in [-0.1, -0.05) is 42.8 Å². The number of benzene rings is 2. The average molecular weight is 367 g/mol. The maximum absolute atomic E-state index is 12.4. The molecule has 0 saturated heterocycles. The Morgan fingerprint density at radius 1 is 1.04 bits per heavy atom. The number of aromatic nitrogens is 2. The van der Waals surface area contributed by atoms with Crippen molar-refractivity contribution in [2.75, 3.05) is 10.6 Å². The van der Waals surface area contributed by atoms with Crippen LogP contribution in [0.1, 0.15) is 28.5 Å². The molecular formula is C20H19ClN4O. The summed E-state index contributed by atoms with van der Waals surface area (Å²) in [5.41, 5.74) is 3.89. The Morgan fingerprint density at radius 2 is 1.81 bits per heavy atom. The van der Waals surface area contributed by atoms with Gasteiger partial charge in [0.2, 0.25) is 0 Å². The number of carbonyl (C=O) groups excluding carboxylic acids is 1. The first-order valence-electron chi connectivity index (χ1n) is 8.32. The molecule has 5 nitrogen and oxygen atoms in total. The summed E-state index contributed by atoms with van der Waals surface area (Å²) in [5, 5.41) is 6.72. The largest absolute Gasteiger partial charge is 0.339 e. The van der Waals surface area contributed by atoms with Crippen LogP contribution in [0, 0.1) is 6.92 Å². The van der Waals surface area contributed by atoms with Crippen molar-refractivity contribution in [2.45, 2.75) is 20.3 Å². The maximum Gasteiger partial charge on any atom is 0.275 e. The van der Waals surface area contributed by atoms with E-state index in [-0.39, 0.29) is 11.6 Å². The number of amides is 1. The third-order valence-corrected chi connectivity index (χ3v) is 4.47. The molecule has 26 heavy (non-hydrogen) atoms. The zero-order chi connectivity index (χ0) is 18.5. The van der Waals surface area contributed by atoms with E-state index >= 15 is 0 Å². The van der Waals surface area contributed by atoms with Crippen LogP contribution in [-0.2, 0) is 6.42 Å². The molecule has 1 heterocycles. The van der Waals surface area contributed by atoms with E-state index in [4.69, 9.17) is 11.6 Å². The number of halogens is 1. The predicted molar refractivity (Wildman–Crippen MR) is 105 cm³/mol. The summed E-state index contributed by atoms with van der Waals surface area (Å²) in [4.78, 5) is 20.9. The predicted octanol–water partition coefficient (Wildman–Crippen LogP) is 5.00. The van der Waals surface area contributed by atoms with Crippen LogP contribution in [0.15, 0.2) is 54.9 Å². The lowest BCUT2D eigenvalue weighted by molar-refractivity contribution is 0.102. The molecule has 6 heteroatoms. The molecule has 0 aliphatic heterocycles. The fraction of sp³-hybridized carbons (Fsp3) is 0.150. The van der Waals surface area contributed by atoms with Gasteiger partial charge in [0, 0.05) is 16.4 Å². The standard InChI is InChI=1S/C20H19ClN4O/c1-3-14-7-4-5-9-17(14)25-20(26)18-11-23-19(12-22-18)24-16-10-6-8-15(21)13(16)2/h4-12H,3H2,1-2H3,(H,23,24)(H,25,26). The zero-order valence-corrected chi connectivity index (χ0v) is 15.3. The Kier molecular flexibility index (Phi) is 5.49. The maximum atomic E-state index is 12.4. The Bertz CT molecular complexity index is 925. The van der Waals surface area contributed by atoms with Crippen molar-refractivity contribution in [3.8, 4) is 0 Å². The second-order valence-electron chi connectivity index (χ2n) is 5.79. The molecule has 0 aliphatic rings. The highest BCUT2D eigenvalue weighted by Crippen LogP contribution is 2.25. The minimum Gasteiger partial charge on any atom is -0.339 e. The van der Waals surface area contributed by atoms with Gasteiger partial charge in [0.25, 0.3) is 5.91 Å². The first kappa shape index (κ1) is 17.9. The first-order chi connectivity index (χ1) is 12.6. The van der Waals surface area contributed by atoms with Crippen molar-refractivity contribution in [3.05, 3.63) is 76.7 Å². The Labute approximate surface area is 157 Å². The molecule has 132 valence electrons. The van der Waals surface area contributed by atoms with Crippen LogP contribution in [0.5, 0.6) is 0 Å². The van der Waals surface area contributed by atoms with Crippen LogP contribution in [0.2, 0.25) is 5.02 Å². The summed E-state index contributed by atoms with van der Waals surface area (Å²) in [5.74, 6) is 0.254. The molecule has 0 bridgehead atoms. The van der Waals surface area contributed by atoms with Crippen LogP contribution in [0.25, 0.3) is 0 Å². The van der Waals surface area contributed by atoms with Crippen LogP contribution < -0.4 is 10.6 Å². The third-order valence-electron chi connectivity index (χ3n) is 4.06. The van der Waals surface area contributed by atoms with Gasteiger partial charge in [-0.25, -0.2) is 9.97 Å². The van der Waals surface area contributed by atoms with E-state index in [9.17, 15) is 4.79 Å². The number of hydrogen-bond acceptors (Lipinski definition) is 4. The number of rotatable bonds is 5. The van der Waals surface area contributed by atoms with Gasteiger partial charge >= 0.3 is 0 Å². The highest BCUT2D eigenvalue weighted by atomic mass is 35.5. The van der Waals surface area contributed by atoms with Crippen LogP contribution in [0.4, 0.5) is 17.2 Å². The van der Waals surface area contributed by atoms with E-state index in [1.54, 1.807) is 0 Å². The zero-order valence-electron chi connectivity index (χ0n) is 14.6. The van der Waals surface area contributed by atoms with Gasteiger partial charge in [-0.2, -0.15) is 0 Å². The van der Waals surface area contributed by atoms with Crippen molar-refractivity contribution < 1.29 is 4.79 Å². The van der Waals surface area contributed by atoms with E-state index in [2.05, 4.69) is 20.6 Å². The topological polar surface area (TPSA) is 66.9 Å². The van der Waals surface area contributed by atoms with Crippen molar-refractivity contribution >= 4 is 34.7 Å². The van der Waals surface area contributed by atoms with E-state index in [1.807, 2.05) is 56.3 Å². The molecule has 3 rings (SSSR count). The summed E-state index contributed by atoms with van der Waals surface area (Å²) in [6.07, 6.45) is 3.82. The first-order valence-corrected chi connectivity index (χ1v) is 8.69. The summed E-state index contributed by atoms with van der Waals surface area (Å²) in [6, 6.07) is 13.3. The number of anilines is 3. The number of para-hydroxylation sites is 1. The minimum atomic E-state index is -0.288. The smallest absolute Gasteiger partial charge is 0.275 e. The second kappa shape index (κ2) is 7.97. The summed E-state index contributed by atoms with van der Waals surface area (Å²) in [7, 11) is 0. The van der Waals surface area contributed by atoms with Crippen molar-refractivity contribution in [1.82, 2.24) is 9.97 Å². The Morgan fingerprint density at radius 3 is 2.54 bits per heavy atom. The molecule has 0 saturated carbocycles. The lowest BCUT2D eigenvalue weighted by Gasteiger charge is -2.11. The number of carbonyl (C=O) groups is 1. The molecule has 3 aromatic rings. The van der Waals surface area contributed by atoms with Crippen molar-refractivity contribution in [1.29, 1.82) is 0 Å². The molecule has 2 N–H and O–H groups in total. The lowest BCUT2D eigenvalue weighted by Crippen LogP contribution is -2.15. The Balaban J connectivity index is 1.73. The molecule has 1 aromatic heterocycles. The molecule has 0 spiro atoms. The number of nitrogens with zero attached hydrogens (tertiary/aromatic N) is 2. The molecule has 0 fully saturated rings. The van der Waals surface area contributed by atoms with Gasteiger partial charge in [0.15, 0.2) is 0 Å². The molecule has 0 unspecified atom stereocenters. The molecule has 0 atom stereocenters. The third kappa shape index (κ3) is 4.00. The molecular weight excluding hydrogens is 348 g/mol. The molecule has 0 radical (unpaired) electrons. The lowest BCUT2D eigenvalue weighted by atomic mass is 10.1. The van der Waals surface area contributed by atoms with Crippen molar-refractivity contribution in [3.63, 3.8) is 0 Å². The van der Waals surface area contributed by atoms with Crippen LogP contribution in [-0.4, -0.2) is 15.9 Å². The van der Waals surface area contributed by atoms with Gasteiger partial charge < -0.3 is 10.6 Å². The average Bonchev–Trinajstić information content (AvgIpc) is 2.66. The second-order valence-corrected chi connectivity index (χ2v) is 6.20. The summed E-state index contributed by atoms with van der Waals surface area (Å²) in [6.45, 7) is 3.97. The van der Waals surface area contributed by atoms with Crippen LogP contribution >= 0.6 is 11.6 Å². The quantitative estimate of drug-likeness (QED) is 0.667. The minimum absolute atomic E-state index is 0.254. The Hall–Kier alpha value is -2.92. The van der Waals surface area contributed by atoms with E-state index < -0.39 is 0 Å². The number of nitrogens with one attached hydrogen (secondary N) is 2. The summed E-state index contributed by atoms with van der Waals surface area (Å²) < 4.78 is 0. The molecule has 2 aromatic carbocycles. The summed E-state index contributed by atoms with van der Waals surface area (Å²) >= 11 is 6.12. The molecule has 1 amide bonds. The molecule has 0 aliphatic carbocycles. The van der Waals surface area contributed by atoms with Gasteiger partial charge in [-0.3, -0.25) is 4.79 Å². The number of hydrogen-bond donors (Lipinski definition) is 2.